The Labute approximate surface area is 186 Å². The van der Waals surface area contributed by atoms with Gasteiger partial charge < -0.3 is 9.84 Å². The third-order valence-corrected chi connectivity index (χ3v) is 6.09. The van der Waals surface area contributed by atoms with Gasteiger partial charge in [-0.15, -0.1) is 0 Å². The Morgan fingerprint density at radius 3 is 2.48 bits per heavy atom. The van der Waals surface area contributed by atoms with E-state index < -0.39 is 0 Å². The summed E-state index contributed by atoms with van der Waals surface area (Å²) >= 11 is 0. The summed E-state index contributed by atoms with van der Waals surface area (Å²) < 4.78 is 5.24. The van der Waals surface area contributed by atoms with E-state index in [0.29, 0.717) is 6.61 Å². The first-order chi connectivity index (χ1) is 14.7. The smallest absolute Gasteiger partial charge is 0.0805 e. The maximum atomic E-state index is 10.1. The summed E-state index contributed by atoms with van der Waals surface area (Å²) in [5.74, 6) is 0.117. The van der Waals surface area contributed by atoms with Crippen LogP contribution in [0.4, 0.5) is 0 Å². The summed E-state index contributed by atoms with van der Waals surface area (Å²) in [5, 5.41) is 12.7. The number of aliphatic hydroxyl groups excluding tert-OH is 1. The van der Waals surface area contributed by atoms with Crippen LogP contribution >= 0.6 is 0 Å². The van der Waals surface area contributed by atoms with Crippen molar-refractivity contribution in [3.63, 3.8) is 0 Å². The summed E-state index contributed by atoms with van der Waals surface area (Å²) in [4.78, 5) is 5.16. The SMILES string of the molecule is C=C(/C=C\C)C1=NC(/C(=C/COC)CO)C(C)c2c1cc(C(C)(C)C)c1ccccc21. The molecule has 2 atom stereocenters. The zero-order valence-electron chi connectivity index (χ0n) is 19.7. The van der Waals surface area contributed by atoms with E-state index in [2.05, 4.69) is 64.6 Å². The van der Waals surface area contributed by atoms with Crippen LogP contribution in [-0.4, -0.2) is 37.2 Å². The minimum atomic E-state index is -0.159. The minimum Gasteiger partial charge on any atom is -0.392 e. The first kappa shape index (κ1) is 23.2. The predicted molar refractivity (Wildman–Crippen MR) is 132 cm³/mol. The molecule has 0 radical (unpaired) electrons. The van der Waals surface area contributed by atoms with E-state index in [1.54, 1.807) is 7.11 Å². The van der Waals surface area contributed by atoms with Gasteiger partial charge in [-0.3, -0.25) is 4.99 Å². The summed E-state index contributed by atoms with van der Waals surface area (Å²) in [5.41, 5.74) is 6.42. The molecule has 2 aromatic carbocycles. The monoisotopic (exact) mass is 417 g/mol. The first-order valence-corrected chi connectivity index (χ1v) is 11.0. The van der Waals surface area contributed by atoms with E-state index >= 15 is 0 Å². The molecule has 0 bridgehead atoms. The molecule has 0 saturated carbocycles. The topological polar surface area (TPSA) is 41.8 Å². The largest absolute Gasteiger partial charge is 0.392 e. The van der Waals surface area contributed by atoms with Gasteiger partial charge in [-0.25, -0.2) is 0 Å². The predicted octanol–water partition coefficient (Wildman–Crippen LogP) is 6.11. The normalized spacial score (nSPS) is 19.6. The lowest BCUT2D eigenvalue weighted by Gasteiger charge is -2.34. The number of hydrogen-bond acceptors (Lipinski definition) is 3. The van der Waals surface area contributed by atoms with Crippen molar-refractivity contribution >= 4 is 16.5 Å². The van der Waals surface area contributed by atoms with Crippen molar-refractivity contribution in [1.29, 1.82) is 0 Å². The number of ether oxygens (including phenoxy) is 1. The third-order valence-electron chi connectivity index (χ3n) is 6.09. The van der Waals surface area contributed by atoms with Gasteiger partial charge in [0.05, 0.1) is 25.0 Å². The van der Waals surface area contributed by atoms with Crippen LogP contribution in [0, 0.1) is 0 Å². The Balaban J connectivity index is 2.38. The number of aliphatic hydroxyl groups is 1. The average molecular weight is 418 g/mol. The molecule has 2 aromatic rings. The molecular formula is C28H35NO2. The standard InChI is InChI=1S/C28H35NO2/c1-8-11-18(2)26-23-16-24(28(4,5)6)21-12-9-10-13-22(21)25(23)19(3)27(29-26)20(17-30)14-15-31-7/h8-14,16,19,27,30H,2,15,17H2,1,3-7H3/b11-8-,20-14+. The van der Waals surface area contributed by atoms with Gasteiger partial charge in [-0.1, -0.05) is 76.8 Å². The third kappa shape index (κ3) is 4.44. The van der Waals surface area contributed by atoms with Crippen molar-refractivity contribution in [1.82, 2.24) is 0 Å². The fourth-order valence-corrected chi connectivity index (χ4v) is 4.59. The summed E-state index contributed by atoms with van der Waals surface area (Å²) in [6, 6.07) is 10.8. The molecule has 0 saturated heterocycles. The van der Waals surface area contributed by atoms with Gasteiger partial charge in [0, 0.05) is 18.6 Å². The molecule has 0 aromatic heterocycles. The molecule has 2 unspecified atom stereocenters. The van der Waals surface area contributed by atoms with E-state index in [1.807, 2.05) is 25.2 Å². The number of aliphatic imine (C=N–C) groups is 1. The molecule has 0 spiro atoms. The molecule has 1 N–H and O–H groups in total. The molecule has 0 fully saturated rings. The second-order valence-corrected chi connectivity index (χ2v) is 9.31. The van der Waals surface area contributed by atoms with Gasteiger partial charge in [0.2, 0.25) is 0 Å². The fourth-order valence-electron chi connectivity index (χ4n) is 4.59. The maximum Gasteiger partial charge on any atom is 0.0805 e. The van der Waals surface area contributed by atoms with Crippen molar-refractivity contribution in [2.75, 3.05) is 20.3 Å². The van der Waals surface area contributed by atoms with Crippen molar-refractivity contribution in [3.05, 3.63) is 83.0 Å². The molecule has 1 aliphatic rings. The van der Waals surface area contributed by atoms with Crippen molar-refractivity contribution in [3.8, 4) is 0 Å². The second kappa shape index (κ2) is 9.33. The quantitative estimate of drug-likeness (QED) is 0.455. The van der Waals surface area contributed by atoms with E-state index in [0.717, 1.165) is 22.4 Å². The second-order valence-electron chi connectivity index (χ2n) is 9.31. The van der Waals surface area contributed by atoms with Crippen LogP contribution in [0.15, 0.2) is 71.3 Å². The van der Waals surface area contributed by atoms with Gasteiger partial charge in [0.1, 0.15) is 0 Å². The first-order valence-electron chi connectivity index (χ1n) is 11.0. The molecule has 3 nitrogen and oxygen atoms in total. The zero-order valence-corrected chi connectivity index (χ0v) is 19.7. The number of nitrogens with zero attached hydrogens (tertiary/aromatic N) is 1. The molecule has 0 amide bonds. The van der Waals surface area contributed by atoms with Gasteiger partial charge in [-0.05, 0) is 51.5 Å². The van der Waals surface area contributed by atoms with E-state index in [1.165, 1.54) is 21.9 Å². The zero-order chi connectivity index (χ0) is 22.8. The molecule has 164 valence electrons. The molecule has 0 aliphatic carbocycles. The van der Waals surface area contributed by atoms with Crippen LogP contribution in [0.2, 0.25) is 0 Å². The van der Waals surface area contributed by atoms with Crippen LogP contribution in [0.3, 0.4) is 0 Å². The highest BCUT2D eigenvalue weighted by atomic mass is 16.5. The Morgan fingerprint density at radius 1 is 1.23 bits per heavy atom. The lowest BCUT2D eigenvalue weighted by atomic mass is 9.74. The number of rotatable bonds is 6. The molecular weight excluding hydrogens is 382 g/mol. The van der Waals surface area contributed by atoms with Crippen molar-refractivity contribution < 1.29 is 9.84 Å². The summed E-state index contributed by atoms with van der Waals surface area (Å²) in [7, 11) is 1.66. The minimum absolute atomic E-state index is 0.00359. The Kier molecular flexibility index (Phi) is 6.98. The van der Waals surface area contributed by atoms with Gasteiger partial charge in [0.25, 0.3) is 0 Å². The van der Waals surface area contributed by atoms with Crippen LogP contribution in [-0.2, 0) is 10.2 Å². The van der Waals surface area contributed by atoms with Gasteiger partial charge in [-0.2, -0.15) is 0 Å². The van der Waals surface area contributed by atoms with Crippen LogP contribution in [0.25, 0.3) is 10.8 Å². The van der Waals surface area contributed by atoms with Crippen LogP contribution in [0.5, 0.6) is 0 Å². The Bertz CT molecular complexity index is 1070. The van der Waals surface area contributed by atoms with Crippen LogP contribution in [0.1, 0.15) is 57.2 Å². The van der Waals surface area contributed by atoms with Crippen LogP contribution < -0.4 is 0 Å². The van der Waals surface area contributed by atoms with Crippen molar-refractivity contribution in [2.45, 2.75) is 52.0 Å². The number of hydrogen-bond donors (Lipinski definition) is 1. The van der Waals surface area contributed by atoms with E-state index in [4.69, 9.17) is 9.73 Å². The molecule has 1 aliphatic heterocycles. The van der Waals surface area contributed by atoms with E-state index in [-0.39, 0.29) is 24.0 Å². The highest BCUT2D eigenvalue weighted by Crippen LogP contribution is 2.43. The van der Waals surface area contributed by atoms with Crippen molar-refractivity contribution in [2.24, 2.45) is 4.99 Å². The molecule has 3 heteroatoms. The molecule has 31 heavy (non-hydrogen) atoms. The Hall–Kier alpha value is -2.49. The number of benzene rings is 2. The highest BCUT2D eigenvalue weighted by Gasteiger charge is 2.33. The lowest BCUT2D eigenvalue weighted by Crippen LogP contribution is -2.29. The average Bonchev–Trinajstić information content (AvgIpc) is 2.74. The summed E-state index contributed by atoms with van der Waals surface area (Å²) in [6.45, 7) is 15.7. The number of allylic oxidation sites excluding steroid dienone is 3. The summed E-state index contributed by atoms with van der Waals surface area (Å²) in [6.07, 6.45) is 5.97. The lowest BCUT2D eigenvalue weighted by molar-refractivity contribution is 0.230. The number of methoxy groups -OCH3 is 1. The van der Waals surface area contributed by atoms with E-state index in [9.17, 15) is 5.11 Å². The number of fused-ring (bicyclic) bond motifs is 3. The molecule has 3 rings (SSSR count). The highest BCUT2D eigenvalue weighted by molar-refractivity contribution is 6.18. The van der Waals surface area contributed by atoms with Gasteiger partial charge >= 0.3 is 0 Å². The fraction of sp³-hybridized carbons (Fsp3) is 0.393. The Morgan fingerprint density at radius 2 is 1.90 bits per heavy atom. The van der Waals surface area contributed by atoms with Gasteiger partial charge in [0.15, 0.2) is 0 Å². The molecule has 1 heterocycles. The maximum absolute atomic E-state index is 10.1.